The lowest BCUT2D eigenvalue weighted by Gasteiger charge is -2.19. The predicted molar refractivity (Wildman–Crippen MR) is 52.3 cm³/mol. The highest BCUT2D eigenvalue weighted by Gasteiger charge is 2.15. The van der Waals surface area contributed by atoms with E-state index in [4.69, 9.17) is 4.74 Å². The number of rotatable bonds is 2. The topological polar surface area (TPSA) is 38.3 Å². The first kappa shape index (κ1) is 11.5. The number of ether oxygens (including phenoxy) is 1. The minimum Gasteiger partial charge on any atom is -0.444 e. The molecule has 0 radical (unpaired) electrons. The van der Waals surface area contributed by atoms with E-state index in [1.165, 1.54) is 0 Å². The molecule has 1 amide bonds. The van der Waals surface area contributed by atoms with E-state index in [-0.39, 0.29) is 0 Å². The van der Waals surface area contributed by atoms with Crippen molar-refractivity contribution >= 4 is 22.0 Å². The van der Waals surface area contributed by atoms with Gasteiger partial charge in [-0.15, -0.1) is 0 Å². The van der Waals surface area contributed by atoms with Crippen LogP contribution in [-0.2, 0) is 4.74 Å². The molecule has 0 unspecified atom stereocenters. The van der Waals surface area contributed by atoms with Crippen LogP contribution in [-0.4, -0.2) is 18.2 Å². The van der Waals surface area contributed by atoms with Gasteiger partial charge in [0.05, 0.1) is 6.54 Å². The summed E-state index contributed by atoms with van der Waals surface area (Å²) in [7, 11) is 0. The Morgan fingerprint density at radius 2 is 2.08 bits per heavy atom. The summed E-state index contributed by atoms with van der Waals surface area (Å²) < 4.78 is 5.69. The Morgan fingerprint density at radius 3 is 2.42 bits per heavy atom. The van der Waals surface area contributed by atoms with E-state index in [0.717, 1.165) is 0 Å². The average Bonchev–Trinajstić information content (AvgIpc) is 1.79. The number of halogens is 1. The second-order valence-corrected chi connectivity index (χ2v) is 4.49. The van der Waals surface area contributed by atoms with Gasteiger partial charge in [0.2, 0.25) is 0 Å². The van der Waals surface area contributed by atoms with Crippen molar-refractivity contribution in [1.82, 2.24) is 5.32 Å². The monoisotopic (exact) mass is 235 g/mol. The SMILES string of the molecule is C=C(Br)CNC(=O)OC(C)(C)C. The lowest BCUT2D eigenvalue weighted by Crippen LogP contribution is -2.32. The highest BCUT2D eigenvalue weighted by atomic mass is 79.9. The molecule has 0 aliphatic carbocycles. The lowest BCUT2D eigenvalue weighted by molar-refractivity contribution is 0.0534. The molecule has 0 aromatic heterocycles. The second-order valence-electron chi connectivity index (χ2n) is 3.37. The van der Waals surface area contributed by atoms with E-state index in [1.807, 2.05) is 20.8 Å². The van der Waals surface area contributed by atoms with Gasteiger partial charge in [-0.05, 0) is 20.8 Å². The van der Waals surface area contributed by atoms with Crippen LogP contribution in [0.4, 0.5) is 4.79 Å². The number of hydrogen-bond donors (Lipinski definition) is 1. The largest absolute Gasteiger partial charge is 0.444 e. The van der Waals surface area contributed by atoms with Crippen LogP contribution in [0, 0.1) is 0 Å². The van der Waals surface area contributed by atoms with Gasteiger partial charge in [0.15, 0.2) is 0 Å². The first-order valence-corrected chi connectivity index (χ1v) is 4.41. The van der Waals surface area contributed by atoms with Gasteiger partial charge in [-0.25, -0.2) is 4.79 Å². The maximum atomic E-state index is 11.0. The standard InChI is InChI=1S/C8H14BrNO2/c1-6(9)5-10-7(11)12-8(2,3)4/h1,5H2,2-4H3,(H,10,11). The van der Waals surface area contributed by atoms with Crippen molar-refractivity contribution < 1.29 is 9.53 Å². The molecule has 3 nitrogen and oxygen atoms in total. The van der Waals surface area contributed by atoms with Crippen molar-refractivity contribution in [1.29, 1.82) is 0 Å². The molecule has 1 N–H and O–H groups in total. The summed E-state index contributed by atoms with van der Waals surface area (Å²) in [6.07, 6.45) is -0.428. The molecule has 0 spiro atoms. The Kier molecular flexibility index (Phi) is 4.31. The maximum Gasteiger partial charge on any atom is 0.407 e. The molecule has 0 heterocycles. The molecule has 4 heteroatoms. The molecule has 0 aliphatic rings. The Balaban J connectivity index is 3.68. The van der Waals surface area contributed by atoms with Gasteiger partial charge in [-0.3, -0.25) is 0 Å². The minimum atomic E-state index is -0.447. The molecule has 0 aliphatic heterocycles. The summed E-state index contributed by atoms with van der Waals surface area (Å²) >= 11 is 3.12. The van der Waals surface area contributed by atoms with Crippen molar-refractivity contribution in [3.8, 4) is 0 Å². The first-order valence-electron chi connectivity index (χ1n) is 3.61. The zero-order valence-electron chi connectivity index (χ0n) is 7.61. The summed E-state index contributed by atoms with van der Waals surface area (Å²) in [5.74, 6) is 0. The Labute approximate surface area is 81.3 Å². The summed E-state index contributed by atoms with van der Waals surface area (Å²) in [5.41, 5.74) is -0.447. The van der Waals surface area contributed by atoms with Crippen LogP contribution in [0.15, 0.2) is 11.1 Å². The summed E-state index contributed by atoms with van der Waals surface area (Å²) in [6.45, 7) is 9.40. The van der Waals surface area contributed by atoms with Crippen molar-refractivity contribution in [3.63, 3.8) is 0 Å². The highest BCUT2D eigenvalue weighted by molar-refractivity contribution is 9.11. The van der Waals surface area contributed by atoms with E-state index in [0.29, 0.717) is 11.0 Å². The second kappa shape index (κ2) is 4.50. The van der Waals surface area contributed by atoms with Crippen LogP contribution in [0.3, 0.4) is 0 Å². The molecular weight excluding hydrogens is 222 g/mol. The van der Waals surface area contributed by atoms with Crippen LogP contribution < -0.4 is 5.32 Å². The van der Waals surface area contributed by atoms with Crippen LogP contribution in [0.25, 0.3) is 0 Å². The Hall–Kier alpha value is -0.510. The number of amides is 1. The van der Waals surface area contributed by atoms with Crippen molar-refractivity contribution in [2.45, 2.75) is 26.4 Å². The average molecular weight is 236 g/mol. The van der Waals surface area contributed by atoms with E-state index in [1.54, 1.807) is 0 Å². The zero-order valence-corrected chi connectivity index (χ0v) is 9.19. The maximum absolute atomic E-state index is 11.0. The lowest BCUT2D eigenvalue weighted by atomic mass is 10.2. The van der Waals surface area contributed by atoms with E-state index < -0.39 is 11.7 Å². The number of hydrogen-bond acceptors (Lipinski definition) is 2. The first-order chi connectivity index (χ1) is 5.31. The van der Waals surface area contributed by atoms with Gasteiger partial charge in [-0.2, -0.15) is 0 Å². The third-order valence-electron chi connectivity index (χ3n) is 0.823. The van der Waals surface area contributed by atoms with Gasteiger partial charge in [-0.1, -0.05) is 22.5 Å². The fourth-order valence-electron chi connectivity index (χ4n) is 0.482. The summed E-state index contributed by atoms with van der Waals surface area (Å²) in [4.78, 5) is 11.0. The molecule has 70 valence electrons. The molecule has 0 atom stereocenters. The van der Waals surface area contributed by atoms with Gasteiger partial charge in [0.1, 0.15) is 5.60 Å². The van der Waals surface area contributed by atoms with Crippen LogP contribution in [0.2, 0.25) is 0 Å². The normalized spacial score (nSPS) is 10.7. The Bertz CT molecular complexity index is 184. The predicted octanol–water partition coefficient (Wildman–Crippen LogP) is 2.42. The minimum absolute atomic E-state index is 0.384. The van der Waals surface area contributed by atoms with Gasteiger partial charge >= 0.3 is 6.09 Å². The van der Waals surface area contributed by atoms with E-state index >= 15 is 0 Å². The fraction of sp³-hybridized carbons (Fsp3) is 0.625. The van der Waals surface area contributed by atoms with Gasteiger partial charge in [0.25, 0.3) is 0 Å². The van der Waals surface area contributed by atoms with Gasteiger partial charge < -0.3 is 10.1 Å². The van der Waals surface area contributed by atoms with E-state index in [2.05, 4.69) is 27.8 Å². The third-order valence-corrected chi connectivity index (χ3v) is 1.10. The fourth-order valence-corrected chi connectivity index (χ4v) is 0.622. The molecule has 0 fully saturated rings. The molecule has 0 rings (SSSR count). The number of nitrogens with one attached hydrogen (secondary N) is 1. The van der Waals surface area contributed by atoms with Crippen molar-refractivity contribution in [2.75, 3.05) is 6.54 Å². The quantitative estimate of drug-likeness (QED) is 0.799. The van der Waals surface area contributed by atoms with Crippen LogP contribution >= 0.6 is 15.9 Å². The molecule has 0 saturated carbocycles. The van der Waals surface area contributed by atoms with Crippen molar-refractivity contribution in [2.24, 2.45) is 0 Å². The molecule has 0 aromatic carbocycles. The van der Waals surface area contributed by atoms with Crippen molar-refractivity contribution in [3.05, 3.63) is 11.1 Å². The van der Waals surface area contributed by atoms with E-state index in [9.17, 15) is 4.79 Å². The summed E-state index contributed by atoms with van der Waals surface area (Å²) in [6, 6.07) is 0. The number of carbonyl (C=O) groups is 1. The zero-order chi connectivity index (χ0) is 9.78. The smallest absolute Gasteiger partial charge is 0.407 e. The number of alkyl carbamates (subject to hydrolysis) is 1. The summed E-state index contributed by atoms with van der Waals surface area (Å²) in [5, 5.41) is 2.53. The molecule has 0 saturated heterocycles. The molecule has 0 bridgehead atoms. The van der Waals surface area contributed by atoms with Gasteiger partial charge in [0, 0.05) is 4.48 Å². The molecular formula is C8H14BrNO2. The molecule has 0 aromatic rings. The number of carbonyl (C=O) groups excluding carboxylic acids is 1. The van der Waals surface area contributed by atoms with Crippen LogP contribution in [0.1, 0.15) is 20.8 Å². The Morgan fingerprint density at radius 1 is 1.58 bits per heavy atom. The highest BCUT2D eigenvalue weighted by Crippen LogP contribution is 2.06. The third kappa shape index (κ3) is 7.60. The molecule has 12 heavy (non-hydrogen) atoms. The van der Waals surface area contributed by atoms with Crippen LogP contribution in [0.5, 0.6) is 0 Å².